The molecule has 2 rings (SSSR count). The number of amides is 2. The largest absolute Gasteiger partial charge is 0.354 e. The Balaban J connectivity index is 2.21. The highest BCUT2D eigenvalue weighted by Crippen LogP contribution is 2.15. The third-order valence-corrected chi connectivity index (χ3v) is 4.79. The maximum Gasteiger partial charge on any atom is 0.242 e. The van der Waals surface area contributed by atoms with Gasteiger partial charge in [-0.15, -0.1) is 0 Å². The van der Waals surface area contributed by atoms with Crippen LogP contribution in [-0.4, -0.2) is 29.3 Å². The fraction of sp³-hybridized carbons (Fsp3) is 0.391. The predicted molar refractivity (Wildman–Crippen MR) is 109 cm³/mol. The molecule has 2 amide bonds. The second-order valence-electron chi connectivity index (χ2n) is 7.08. The van der Waals surface area contributed by atoms with Crippen molar-refractivity contribution in [1.29, 1.82) is 0 Å². The average Bonchev–Trinajstić information content (AvgIpc) is 2.66. The summed E-state index contributed by atoms with van der Waals surface area (Å²) >= 11 is 0. The molecule has 0 fully saturated rings. The normalized spacial score (nSPS) is 11.7. The van der Waals surface area contributed by atoms with Gasteiger partial charge in [-0.2, -0.15) is 0 Å². The van der Waals surface area contributed by atoms with Gasteiger partial charge in [-0.25, -0.2) is 0 Å². The fourth-order valence-corrected chi connectivity index (χ4v) is 2.94. The lowest BCUT2D eigenvalue weighted by Crippen LogP contribution is -2.48. The lowest BCUT2D eigenvalue weighted by molar-refractivity contribution is -0.140. The Morgan fingerprint density at radius 2 is 1.70 bits per heavy atom. The monoisotopic (exact) mass is 366 g/mol. The summed E-state index contributed by atoms with van der Waals surface area (Å²) in [5.74, 6) is -0.147. The predicted octanol–water partition coefficient (Wildman–Crippen LogP) is 3.79. The lowest BCUT2D eigenvalue weighted by atomic mass is 10.0. The molecule has 4 heteroatoms. The number of rotatable bonds is 8. The Morgan fingerprint density at radius 3 is 2.33 bits per heavy atom. The van der Waals surface area contributed by atoms with Gasteiger partial charge >= 0.3 is 0 Å². The van der Waals surface area contributed by atoms with Gasteiger partial charge < -0.3 is 10.2 Å². The first-order chi connectivity index (χ1) is 12.9. The summed E-state index contributed by atoms with van der Waals surface area (Å²) < 4.78 is 0. The highest BCUT2D eigenvalue weighted by Gasteiger charge is 2.26. The highest BCUT2D eigenvalue weighted by atomic mass is 16.2. The van der Waals surface area contributed by atoms with E-state index in [1.165, 1.54) is 5.56 Å². The zero-order chi connectivity index (χ0) is 19.8. The van der Waals surface area contributed by atoms with Gasteiger partial charge in [0.2, 0.25) is 11.8 Å². The van der Waals surface area contributed by atoms with E-state index < -0.39 is 6.04 Å². The Morgan fingerprint density at radius 1 is 1.04 bits per heavy atom. The van der Waals surface area contributed by atoms with Gasteiger partial charge in [-0.1, -0.05) is 61.0 Å². The molecule has 2 aromatic carbocycles. The van der Waals surface area contributed by atoms with Crippen molar-refractivity contribution >= 4 is 11.8 Å². The molecule has 1 N–H and O–H groups in total. The zero-order valence-electron chi connectivity index (χ0n) is 16.8. The molecule has 27 heavy (non-hydrogen) atoms. The van der Waals surface area contributed by atoms with E-state index in [-0.39, 0.29) is 11.8 Å². The summed E-state index contributed by atoms with van der Waals surface area (Å²) in [7, 11) is 0. The van der Waals surface area contributed by atoms with Crippen molar-refractivity contribution in [3.63, 3.8) is 0 Å². The van der Waals surface area contributed by atoms with Gasteiger partial charge in [0.1, 0.15) is 6.04 Å². The van der Waals surface area contributed by atoms with Crippen LogP contribution in [0.4, 0.5) is 0 Å². The first-order valence-electron chi connectivity index (χ1n) is 9.59. The molecule has 0 aliphatic heterocycles. The number of benzene rings is 2. The fourth-order valence-electron chi connectivity index (χ4n) is 2.94. The van der Waals surface area contributed by atoms with E-state index in [4.69, 9.17) is 0 Å². The highest BCUT2D eigenvalue weighted by molar-refractivity contribution is 5.88. The number of nitrogens with one attached hydrogen (secondary N) is 1. The van der Waals surface area contributed by atoms with Crippen LogP contribution in [0.25, 0.3) is 0 Å². The van der Waals surface area contributed by atoms with Crippen LogP contribution in [-0.2, 0) is 22.6 Å². The SMILES string of the molecule is CCCNC(=O)[C@H](C)N(Cc1ccc(C)cc1)C(=O)Cc1ccccc1C. The van der Waals surface area contributed by atoms with E-state index in [2.05, 4.69) is 5.32 Å². The molecule has 0 aliphatic rings. The van der Waals surface area contributed by atoms with Gasteiger partial charge in [0, 0.05) is 13.1 Å². The van der Waals surface area contributed by atoms with Crippen LogP contribution >= 0.6 is 0 Å². The molecule has 144 valence electrons. The number of hydrogen-bond acceptors (Lipinski definition) is 2. The van der Waals surface area contributed by atoms with Gasteiger partial charge in [0.25, 0.3) is 0 Å². The van der Waals surface area contributed by atoms with Crippen LogP contribution in [0, 0.1) is 13.8 Å². The minimum Gasteiger partial charge on any atom is -0.354 e. The number of carbonyl (C=O) groups is 2. The average molecular weight is 367 g/mol. The van der Waals surface area contributed by atoms with E-state index in [9.17, 15) is 9.59 Å². The molecule has 0 heterocycles. The van der Waals surface area contributed by atoms with Crippen LogP contribution in [0.15, 0.2) is 48.5 Å². The van der Waals surface area contributed by atoms with E-state index in [1.54, 1.807) is 11.8 Å². The third-order valence-electron chi connectivity index (χ3n) is 4.79. The second kappa shape index (κ2) is 9.91. The Kier molecular flexibility index (Phi) is 7.59. The number of nitrogens with zero attached hydrogens (tertiary/aromatic N) is 1. The van der Waals surface area contributed by atoms with Crippen molar-refractivity contribution < 1.29 is 9.59 Å². The number of carbonyl (C=O) groups excluding carboxylic acids is 2. The standard InChI is InChI=1S/C23H30N2O2/c1-5-14-24-23(27)19(4)25(16-20-12-10-17(2)11-13-20)22(26)15-21-9-7-6-8-18(21)3/h6-13,19H,5,14-16H2,1-4H3,(H,24,27)/t19-/m0/s1. The molecule has 0 radical (unpaired) electrons. The second-order valence-corrected chi connectivity index (χ2v) is 7.08. The lowest BCUT2D eigenvalue weighted by Gasteiger charge is -2.29. The molecular formula is C23H30N2O2. The first kappa shape index (κ1) is 20.7. The van der Waals surface area contributed by atoms with Crippen LogP contribution < -0.4 is 5.32 Å². The van der Waals surface area contributed by atoms with Crippen molar-refractivity contribution in [1.82, 2.24) is 10.2 Å². The molecular weight excluding hydrogens is 336 g/mol. The van der Waals surface area contributed by atoms with Crippen LogP contribution in [0.5, 0.6) is 0 Å². The van der Waals surface area contributed by atoms with E-state index in [1.807, 2.05) is 69.3 Å². The zero-order valence-corrected chi connectivity index (χ0v) is 16.8. The Hall–Kier alpha value is -2.62. The molecule has 0 aliphatic carbocycles. The molecule has 1 atom stereocenters. The van der Waals surface area contributed by atoms with Crippen LogP contribution in [0.2, 0.25) is 0 Å². The first-order valence-corrected chi connectivity index (χ1v) is 9.59. The number of hydrogen-bond donors (Lipinski definition) is 1. The molecule has 0 bridgehead atoms. The molecule has 2 aromatic rings. The van der Waals surface area contributed by atoms with Crippen molar-refractivity contribution in [2.24, 2.45) is 0 Å². The summed E-state index contributed by atoms with van der Waals surface area (Å²) in [6, 6.07) is 15.5. The van der Waals surface area contributed by atoms with E-state index in [0.717, 1.165) is 23.1 Å². The maximum absolute atomic E-state index is 13.1. The van der Waals surface area contributed by atoms with Gasteiger partial charge in [-0.3, -0.25) is 9.59 Å². The van der Waals surface area contributed by atoms with Gasteiger partial charge in [-0.05, 0) is 43.9 Å². The van der Waals surface area contributed by atoms with E-state index >= 15 is 0 Å². The van der Waals surface area contributed by atoms with Gasteiger partial charge in [0.05, 0.1) is 6.42 Å². The Labute approximate surface area is 162 Å². The summed E-state index contributed by atoms with van der Waals surface area (Å²) in [6.07, 6.45) is 1.16. The van der Waals surface area contributed by atoms with Crippen LogP contribution in [0.1, 0.15) is 42.5 Å². The molecule has 0 unspecified atom stereocenters. The summed E-state index contributed by atoms with van der Waals surface area (Å²) in [4.78, 5) is 27.3. The maximum atomic E-state index is 13.1. The molecule has 0 spiro atoms. The van der Waals surface area contributed by atoms with Gasteiger partial charge in [0.15, 0.2) is 0 Å². The molecule has 0 aromatic heterocycles. The smallest absolute Gasteiger partial charge is 0.242 e. The minimum atomic E-state index is -0.519. The van der Waals surface area contributed by atoms with Crippen molar-refractivity contribution in [3.05, 3.63) is 70.8 Å². The Bertz CT molecular complexity index is 768. The quantitative estimate of drug-likeness (QED) is 0.773. The van der Waals surface area contributed by atoms with Crippen molar-refractivity contribution in [3.8, 4) is 0 Å². The summed E-state index contributed by atoms with van der Waals surface area (Å²) in [5, 5.41) is 2.90. The molecule has 4 nitrogen and oxygen atoms in total. The molecule has 0 saturated heterocycles. The van der Waals surface area contributed by atoms with Crippen molar-refractivity contribution in [2.75, 3.05) is 6.54 Å². The van der Waals surface area contributed by atoms with Crippen LogP contribution in [0.3, 0.4) is 0 Å². The molecule has 0 saturated carbocycles. The number of aryl methyl sites for hydroxylation is 2. The third kappa shape index (κ3) is 5.95. The minimum absolute atomic E-state index is 0.0379. The van der Waals surface area contributed by atoms with E-state index in [0.29, 0.717) is 19.5 Å². The summed E-state index contributed by atoms with van der Waals surface area (Å²) in [6.45, 7) is 8.89. The van der Waals surface area contributed by atoms with Crippen molar-refractivity contribution in [2.45, 2.75) is 53.1 Å². The summed E-state index contributed by atoms with van der Waals surface area (Å²) in [5.41, 5.74) is 4.28. The topological polar surface area (TPSA) is 49.4 Å².